The van der Waals surface area contributed by atoms with E-state index in [1.54, 1.807) is 0 Å². The number of allylic oxidation sites excluding steroid dienone is 1. The maximum Gasteiger partial charge on any atom is 0.164 e. The molecule has 13 heavy (non-hydrogen) atoms. The molecule has 0 atom stereocenters. The highest BCUT2D eigenvalue weighted by Gasteiger charge is 2.03. The van der Waals surface area contributed by atoms with E-state index in [2.05, 4.69) is 4.99 Å². The summed E-state index contributed by atoms with van der Waals surface area (Å²) in [4.78, 5) is 14.8. The Balaban J connectivity index is 2.55. The van der Waals surface area contributed by atoms with Crippen LogP contribution in [-0.2, 0) is 4.79 Å². The van der Waals surface area contributed by atoms with Gasteiger partial charge in [-0.1, -0.05) is 30.4 Å². The summed E-state index contributed by atoms with van der Waals surface area (Å²) in [6, 6.07) is 7.78. The van der Waals surface area contributed by atoms with Gasteiger partial charge in [-0.15, -0.1) is 0 Å². The van der Waals surface area contributed by atoms with E-state index in [4.69, 9.17) is 0 Å². The number of para-hydroxylation sites is 1. The summed E-state index contributed by atoms with van der Waals surface area (Å²) >= 11 is 0. The molecule has 1 aromatic rings. The molecule has 1 heterocycles. The Bertz CT molecular complexity index is 391. The lowest BCUT2D eigenvalue weighted by Gasteiger charge is -1.97. The minimum absolute atomic E-state index is 0.584. The number of rotatable bonds is 1. The number of benzene rings is 1. The zero-order valence-electron chi connectivity index (χ0n) is 7.10. The van der Waals surface area contributed by atoms with E-state index < -0.39 is 0 Å². The van der Waals surface area contributed by atoms with E-state index >= 15 is 0 Å². The fourth-order valence-corrected chi connectivity index (χ4v) is 1.31. The van der Waals surface area contributed by atoms with Crippen LogP contribution >= 0.6 is 0 Å². The zero-order valence-corrected chi connectivity index (χ0v) is 7.10. The monoisotopic (exact) mass is 171 g/mol. The highest BCUT2D eigenvalue weighted by atomic mass is 16.1. The number of nitrogens with zero attached hydrogens (tertiary/aromatic N) is 1. The quantitative estimate of drug-likeness (QED) is 0.596. The topological polar surface area (TPSA) is 29.4 Å². The van der Waals surface area contributed by atoms with Crippen molar-refractivity contribution in [1.82, 2.24) is 0 Å². The summed E-state index contributed by atoms with van der Waals surface area (Å²) in [6.45, 7) is 0. The lowest BCUT2D eigenvalue weighted by Crippen LogP contribution is -1.95. The van der Waals surface area contributed by atoms with Crippen molar-refractivity contribution in [3.63, 3.8) is 0 Å². The highest BCUT2D eigenvalue weighted by molar-refractivity contribution is 6.29. The average molecular weight is 171 g/mol. The number of hydrogen-bond donors (Lipinski definition) is 0. The van der Waals surface area contributed by atoms with Crippen LogP contribution in [0.15, 0.2) is 35.3 Å². The van der Waals surface area contributed by atoms with Crippen molar-refractivity contribution in [3.8, 4) is 0 Å². The third kappa shape index (κ3) is 1.56. The Kier molecular flexibility index (Phi) is 2.04. The summed E-state index contributed by atoms with van der Waals surface area (Å²) in [5.74, 6) is 0. The van der Waals surface area contributed by atoms with Crippen molar-refractivity contribution in [3.05, 3.63) is 35.9 Å². The molecule has 0 fully saturated rings. The van der Waals surface area contributed by atoms with Gasteiger partial charge in [0.05, 0.1) is 11.4 Å². The minimum atomic E-state index is 0.584. The molecule has 0 aromatic heterocycles. The summed E-state index contributed by atoms with van der Waals surface area (Å²) in [5.41, 5.74) is 2.53. The second-order valence-electron chi connectivity index (χ2n) is 2.89. The first kappa shape index (κ1) is 7.92. The molecule has 0 unspecified atom stereocenters. The second kappa shape index (κ2) is 3.35. The molecule has 0 saturated heterocycles. The maximum atomic E-state index is 10.6. The largest absolute Gasteiger partial charge is 0.297 e. The van der Waals surface area contributed by atoms with Crippen molar-refractivity contribution in [2.24, 2.45) is 4.99 Å². The zero-order chi connectivity index (χ0) is 9.10. The van der Waals surface area contributed by atoms with Crippen LogP contribution in [0.25, 0.3) is 6.08 Å². The number of aldehydes is 1. The first-order valence-corrected chi connectivity index (χ1v) is 4.18. The molecule has 2 rings (SSSR count). The van der Waals surface area contributed by atoms with Crippen LogP contribution in [0, 0.1) is 0 Å². The van der Waals surface area contributed by atoms with Crippen LogP contribution in [0.1, 0.15) is 12.0 Å². The molecule has 0 amide bonds. The Morgan fingerprint density at radius 1 is 1.31 bits per heavy atom. The normalized spacial score (nSPS) is 14.3. The van der Waals surface area contributed by atoms with Gasteiger partial charge in [-0.2, -0.15) is 0 Å². The average Bonchev–Trinajstić information content (AvgIpc) is 2.38. The molecule has 64 valence electrons. The Morgan fingerprint density at radius 2 is 2.15 bits per heavy atom. The van der Waals surface area contributed by atoms with Gasteiger partial charge in [0.2, 0.25) is 0 Å². The van der Waals surface area contributed by atoms with Crippen molar-refractivity contribution in [1.29, 1.82) is 0 Å². The molecule has 1 aliphatic rings. The molecule has 0 aliphatic carbocycles. The predicted octanol–water partition coefficient (Wildman–Crippen LogP) is 2.37. The van der Waals surface area contributed by atoms with Crippen LogP contribution in [0.2, 0.25) is 0 Å². The van der Waals surface area contributed by atoms with E-state index in [0.717, 1.165) is 17.5 Å². The molecule has 0 radical (unpaired) electrons. The van der Waals surface area contributed by atoms with Gasteiger partial charge >= 0.3 is 0 Å². The predicted molar refractivity (Wildman–Crippen MR) is 53.3 cm³/mol. The van der Waals surface area contributed by atoms with Crippen LogP contribution < -0.4 is 0 Å². The first-order chi connectivity index (χ1) is 6.40. The van der Waals surface area contributed by atoms with Gasteiger partial charge in [-0.3, -0.25) is 4.79 Å². The number of fused-ring (bicyclic) bond motifs is 1. The molecule has 1 aliphatic heterocycles. The second-order valence-corrected chi connectivity index (χ2v) is 2.89. The molecule has 0 saturated carbocycles. The smallest absolute Gasteiger partial charge is 0.164 e. The third-order valence-electron chi connectivity index (χ3n) is 1.96. The van der Waals surface area contributed by atoms with Crippen LogP contribution in [0.5, 0.6) is 0 Å². The van der Waals surface area contributed by atoms with Crippen LogP contribution in [-0.4, -0.2) is 12.0 Å². The lowest BCUT2D eigenvalue weighted by atomic mass is 10.2. The Morgan fingerprint density at radius 3 is 3.00 bits per heavy atom. The molecule has 0 spiro atoms. The molecule has 1 aromatic carbocycles. The fraction of sp³-hybridized carbons (Fsp3) is 0.0909. The van der Waals surface area contributed by atoms with E-state index in [1.807, 2.05) is 36.4 Å². The fourth-order valence-electron chi connectivity index (χ4n) is 1.31. The third-order valence-corrected chi connectivity index (χ3v) is 1.96. The summed E-state index contributed by atoms with van der Waals surface area (Å²) in [6.07, 6.45) is 5.39. The number of carbonyl (C=O) groups is 1. The minimum Gasteiger partial charge on any atom is -0.297 e. The molecular weight excluding hydrogens is 162 g/mol. The molecule has 0 bridgehead atoms. The van der Waals surface area contributed by atoms with Gasteiger partial charge in [-0.05, 0) is 11.6 Å². The van der Waals surface area contributed by atoms with Gasteiger partial charge < -0.3 is 0 Å². The van der Waals surface area contributed by atoms with Gasteiger partial charge in [-0.25, -0.2) is 4.99 Å². The number of carbonyl (C=O) groups excluding carboxylic acids is 1. The summed E-state index contributed by atoms with van der Waals surface area (Å²) < 4.78 is 0. The van der Waals surface area contributed by atoms with Crippen molar-refractivity contribution >= 4 is 23.8 Å². The lowest BCUT2D eigenvalue weighted by molar-refractivity contribution is -0.102. The van der Waals surface area contributed by atoms with Crippen molar-refractivity contribution < 1.29 is 4.79 Å². The Labute approximate surface area is 76.6 Å². The van der Waals surface area contributed by atoms with E-state index in [1.165, 1.54) is 0 Å². The molecule has 2 heteroatoms. The van der Waals surface area contributed by atoms with Gasteiger partial charge in [0.25, 0.3) is 0 Å². The highest BCUT2D eigenvalue weighted by Crippen LogP contribution is 2.22. The van der Waals surface area contributed by atoms with Gasteiger partial charge in [0.15, 0.2) is 6.29 Å². The van der Waals surface area contributed by atoms with Gasteiger partial charge in [0.1, 0.15) is 0 Å². The van der Waals surface area contributed by atoms with E-state index in [0.29, 0.717) is 12.1 Å². The Hall–Kier alpha value is -1.70. The SMILES string of the molecule is O=CC1=Nc2ccccc2C=CC1. The number of hydrogen-bond acceptors (Lipinski definition) is 2. The van der Waals surface area contributed by atoms with Crippen LogP contribution in [0.4, 0.5) is 5.69 Å². The van der Waals surface area contributed by atoms with E-state index in [-0.39, 0.29) is 0 Å². The summed E-state index contributed by atoms with van der Waals surface area (Å²) in [7, 11) is 0. The molecule has 2 nitrogen and oxygen atoms in total. The van der Waals surface area contributed by atoms with Crippen molar-refractivity contribution in [2.75, 3.05) is 0 Å². The summed E-state index contributed by atoms with van der Waals surface area (Å²) in [5, 5.41) is 0. The van der Waals surface area contributed by atoms with Gasteiger partial charge in [0, 0.05) is 6.42 Å². The van der Waals surface area contributed by atoms with Crippen molar-refractivity contribution in [2.45, 2.75) is 6.42 Å². The maximum absolute atomic E-state index is 10.6. The van der Waals surface area contributed by atoms with E-state index in [9.17, 15) is 4.79 Å². The molecule has 0 N–H and O–H groups in total. The first-order valence-electron chi connectivity index (χ1n) is 4.18. The number of aliphatic imine (C=N–C) groups is 1. The molecular formula is C11H9NO. The standard InChI is InChI=1S/C11H9NO/c13-8-10-6-3-5-9-4-1-2-7-11(9)12-10/h1-5,7-8H,6H2. The van der Waals surface area contributed by atoms with Crippen LogP contribution in [0.3, 0.4) is 0 Å².